The summed E-state index contributed by atoms with van der Waals surface area (Å²) in [5.41, 5.74) is 0.524. The molecule has 0 aromatic rings. The van der Waals surface area contributed by atoms with Gasteiger partial charge < -0.3 is 18.2 Å². The van der Waals surface area contributed by atoms with Crippen LogP contribution < -0.4 is 0 Å². The summed E-state index contributed by atoms with van der Waals surface area (Å²) in [4.78, 5) is 13.6. The largest absolute Gasteiger partial charge is 0.500 e. The first kappa shape index (κ1) is 18.0. The zero-order valence-corrected chi connectivity index (χ0v) is 13.4. The lowest BCUT2D eigenvalue weighted by Crippen LogP contribution is -2.43. The molecular weight excluding hydrogens is 262 g/mol. The fourth-order valence-electron chi connectivity index (χ4n) is 1.74. The van der Waals surface area contributed by atoms with Crippen molar-refractivity contribution in [3.8, 4) is 0 Å². The molecule has 0 rings (SSSR count). The Labute approximate surface area is 117 Å². The topological polar surface area (TPSA) is 48.0 Å². The SMILES string of the molecule is C=CCN(CCC[Si](OC)(OC)OC)C(=O)C(=C)C. The Morgan fingerprint density at radius 2 is 1.79 bits per heavy atom. The zero-order chi connectivity index (χ0) is 14.9. The van der Waals surface area contributed by atoms with Gasteiger partial charge >= 0.3 is 8.80 Å². The van der Waals surface area contributed by atoms with Crippen LogP contribution in [0.3, 0.4) is 0 Å². The van der Waals surface area contributed by atoms with E-state index < -0.39 is 8.80 Å². The Hall–Kier alpha value is -0.953. The van der Waals surface area contributed by atoms with Gasteiger partial charge in [0.2, 0.25) is 5.91 Å². The van der Waals surface area contributed by atoms with Gasteiger partial charge in [0, 0.05) is 46.0 Å². The third kappa shape index (κ3) is 5.69. The summed E-state index contributed by atoms with van der Waals surface area (Å²) >= 11 is 0. The zero-order valence-electron chi connectivity index (χ0n) is 12.4. The number of nitrogens with zero attached hydrogens (tertiary/aromatic N) is 1. The number of amides is 1. The summed E-state index contributed by atoms with van der Waals surface area (Å²) in [6.45, 7) is 10.1. The summed E-state index contributed by atoms with van der Waals surface area (Å²) in [5.74, 6) is -0.0561. The molecule has 0 saturated heterocycles. The molecule has 0 N–H and O–H groups in total. The number of carbonyl (C=O) groups is 1. The molecule has 0 unspecified atom stereocenters. The maximum Gasteiger partial charge on any atom is 0.500 e. The van der Waals surface area contributed by atoms with Gasteiger partial charge in [-0.05, 0) is 13.3 Å². The van der Waals surface area contributed by atoms with E-state index in [-0.39, 0.29) is 5.91 Å². The standard InChI is InChI=1S/C13H25NO4Si/c1-7-9-14(13(15)12(2)3)10-8-11-19(16-4,17-5)18-6/h7H,1-2,8-11H2,3-6H3. The Morgan fingerprint density at radius 3 is 2.16 bits per heavy atom. The van der Waals surface area contributed by atoms with Crippen molar-refractivity contribution in [3.05, 3.63) is 24.8 Å². The second kappa shape index (κ2) is 9.03. The van der Waals surface area contributed by atoms with Crippen LogP contribution in [0.1, 0.15) is 13.3 Å². The molecule has 0 aliphatic heterocycles. The molecule has 0 aromatic carbocycles. The lowest BCUT2D eigenvalue weighted by molar-refractivity contribution is -0.126. The van der Waals surface area contributed by atoms with Crippen LogP contribution in [0.2, 0.25) is 6.04 Å². The van der Waals surface area contributed by atoms with Crippen LogP contribution in [0.5, 0.6) is 0 Å². The molecule has 0 radical (unpaired) electrons. The van der Waals surface area contributed by atoms with Crippen molar-refractivity contribution in [1.82, 2.24) is 4.90 Å². The smallest absolute Gasteiger partial charge is 0.377 e. The van der Waals surface area contributed by atoms with Gasteiger partial charge in [-0.3, -0.25) is 4.79 Å². The Balaban J connectivity index is 4.44. The maximum absolute atomic E-state index is 11.9. The fraction of sp³-hybridized carbons (Fsp3) is 0.615. The van der Waals surface area contributed by atoms with E-state index in [0.717, 1.165) is 6.42 Å². The second-order valence-electron chi connectivity index (χ2n) is 4.22. The molecule has 6 heteroatoms. The van der Waals surface area contributed by atoms with Gasteiger partial charge in [0.25, 0.3) is 0 Å². The molecule has 0 heterocycles. The van der Waals surface area contributed by atoms with Gasteiger partial charge in [-0.2, -0.15) is 0 Å². The van der Waals surface area contributed by atoms with Crippen molar-refractivity contribution in [2.24, 2.45) is 0 Å². The lowest BCUT2D eigenvalue weighted by atomic mass is 10.3. The average molecular weight is 287 g/mol. The molecule has 0 bridgehead atoms. The third-order valence-electron chi connectivity index (χ3n) is 2.85. The van der Waals surface area contributed by atoms with Crippen molar-refractivity contribution in [2.45, 2.75) is 19.4 Å². The summed E-state index contributed by atoms with van der Waals surface area (Å²) in [6, 6.07) is 0.660. The van der Waals surface area contributed by atoms with Crippen molar-refractivity contribution in [3.63, 3.8) is 0 Å². The lowest BCUT2D eigenvalue weighted by Gasteiger charge is -2.26. The Morgan fingerprint density at radius 1 is 1.26 bits per heavy atom. The van der Waals surface area contributed by atoms with Crippen molar-refractivity contribution < 1.29 is 18.1 Å². The molecule has 0 aliphatic rings. The monoisotopic (exact) mass is 287 g/mol. The quantitative estimate of drug-likeness (QED) is 0.349. The van der Waals surface area contributed by atoms with Crippen LogP contribution in [0.25, 0.3) is 0 Å². The van der Waals surface area contributed by atoms with E-state index in [0.29, 0.717) is 24.7 Å². The van der Waals surface area contributed by atoms with Crippen molar-refractivity contribution in [2.75, 3.05) is 34.4 Å². The van der Waals surface area contributed by atoms with E-state index in [2.05, 4.69) is 13.2 Å². The third-order valence-corrected chi connectivity index (χ3v) is 5.68. The van der Waals surface area contributed by atoms with E-state index >= 15 is 0 Å². The minimum atomic E-state index is -2.56. The molecule has 1 amide bonds. The van der Waals surface area contributed by atoms with Gasteiger partial charge in [-0.25, -0.2) is 0 Å². The molecule has 5 nitrogen and oxygen atoms in total. The number of hydrogen-bond donors (Lipinski definition) is 0. The highest BCUT2D eigenvalue weighted by atomic mass is 28.4. The molecule has 110 valence electrons. The van der Waals surface area contributed by atoms with Crippen LogP contribution in [-0.4, -0.2) is 54.0 Å². The van der Waals surface area contributed by atoms with E-state index in [9.17, 15) is 4.79 Å². The Bertz CT molecular complexity index is 308. The van der Waals surface area contributed by atoms with Gasteiger partial charge in [0.1, 0.15) is 0 Å². The van der Waals surface area contributed by atoms with Crippen LogP contribution in [0.15, 0.2) is 24.8 Å². The average Bonchev–Trinajstić information content (AvgIpc) is 2.42. The van der Waals surface area contributed by atoms with Gasteiger partial charge in [0.15, 0.2) is 0 Å². The summed E-state index contributed by atoms with van der Waals surface area (Å²) < 4.78 is 16.0. The molecule has 0 aliphatic carbocycles. The molecule has 0 fully saturated rings. The van der Waals surface area contributed by atoms with Crippen LogP contribution in [-0.2, 0) is 18.1 Å². The van der Waals surface area contributed by atoms with E-state index in [1.807, 2.05) is 0 Å². The van der Waals surface area contributed by atoms with Crippen molar-refractivity contribution in [1.29, 1.82) is 0 Å². The number of carbonyl (C=O) groups excluding carboxylic acids is 1. The van der Waals surface area contributed by atoms with Gasteiger partial charge in [-0.1, -0.05) is 12.7 Å². The first-order chi connectivity index (χ1) is 8.96. The molecule has 0 spiro atoms. The van der Waals surface area contributed by atoms with Crippen LogP contribution in [0.4, 0.5) is 0 Å². The number of hydrogen-bond acceptors (Lipinski definition) is 4. The highest BCUT2D eigenvalue weighted by molar-refractivity contribution is 6.60. The van der Waals surface area contributed by atoms with Gasteiger partial charge in [-0.15, -0.1) is 6.58 Å². The van der Waals surface area contributed by atoms with E-state index in [4.69, 9.17) is 13.3 Å². The van der Waals surface area contributed by atoms with Crippen LogP contribution >= 0.6 is 0 Å². The summed E-state index contributed by atoms with van der Waals surface area (Å²) in [7, 11) is 2.19. The first-order valence-electron chi connectivity index (χ1n) is 6.17. The van der Waals surface area contributed by atoms with Crippen molar-refractivity contribution >= 4 is 14.7 Å². The normalized spacial score (nSPS) is 11.2. The molecule has 19 heavy (non-hydrogen) atoms. The minimum absolute atomic E-state index is 0.0561. The summed E-state index contributed by atoms with van der Waals surface area (Å²) in [6.07, 6.45) is 2.45. The predicted octanol–water partition coefficient (Wildman–Crippen LogP) is 1.85. The first-order valence-corrected chi connectivity index (χ1v) is 8.10. The Kier molecular flexibility index (Phi) is 8.58. The molecular formula is C13H25NO4Si. The summed E-state index contributed by atoms with van der Waals surface area (Å²) in [5, 5.41) is 0. The molecule has 0 aromatic heterocycles. The van der Waals surface area contributed by atoms with E-state index in [1.165, 1.54) is 0 Å². The minimum Gasteiger partial charge on any atom is -0.377 e. The fourth-order valence-corrected chi connectivity index (χ4v) is 3.45. The van der Waals surface area contributed by atoms with Gasteiger partial charge in [0.05, 0.1) is 0 Å². The second-order valence-corrected chi connectivity index (χ2v) is 7.31. The highest BCUT2D eigenvalue weighted by Gasteiger charge is 2.37. The molecule has 0 atom stereocenters. The van der Waals surface area contributed by atoms with E-state index in [1.54, 1.807) is 39.2 Å². The van der Waals surface area contributed by atoms with Crippen LogP contribution in [0, 0.1) is 0 Å². The predicted molar refractivity (Wildman–Crippen MR) is 77.8 cm³/mol. The number of rotatable bonds is 10. The highest BCUT2D eigenvalue weighted by Crippen LogP contribution is 2.15. The molecule has 0 saturated carbocycles. The maximum atomic E-state index is 11.9.